The first-order valence-corrected chi connectivity index (χ1v) is 6.42. The highest BCUT2D eigenvalue weighted by atomic mass is 32.2. The predicted molar refractivity (Wildman–Crippen MR) is 48.8 cm³/mol. The molecule has 0 unspecified atom stereocenters. The van der Waals surface area contributed by atoms with Gasteiger partial charge in [0.05, 0.1) is 0 Å². The van der Waals surface area contributed by atoms with Crippen molar-refractivity contribution in [2.24, 2.45) is 0 Å². The van der Waals surface area contributed by atoms with E-state index in [9.17, 15) is 21.9 Å². The quantitative estimate of drug-likeness (QED) is 0.390. The summed E-state index contributed by atoms with van der Waals surface area (Å²) in [5, 5.41) is 17.3. The van der Waals surface area contributed by atoms with Crippen molar-refractivity contribution in [1.29, 1.82) is 0 Å². The molecule has 16 heavy (non-hydrogen) atoms. The molecule has 0 saturated heterocycles. The normalized spacial score (nSPS) is 12.6. The maximum Gasteiger partial charge on any atom is 0.328 e. The van der Waals surface area contributed by atoms with Gasteiger partial charge in [0.1, 0.15) is 10.6 Å². The van der Waals surface area contributed by atoms with Gasteiger partial charge in [-0.05, 0) is 12.1 Å². The van der Waals surface area contributed by atoms with Crippen LogP contribution in [-0.4, -0.2) is 31.8 Å². The monoisotopic (exact) mass is 270 g/mol. The summed E-state index contributed by atoms with van der Waals surface area (Å²) in [4.78, 5) is -2.33. The van der Waals surface area contributed by atoms with Gasteiger partial charge in [-0.15, -0.1) is 4.33 Å². The van der Waals surface area contributed by atoms with Crippen molar-refractivity contribution in [3.63, 3.8) is 0 Å². The van der Waals surface area contributed by atoms with Crippen molar-refractivity contribution in [2.45, 2.75) is 9.79 Å². The van der Waals surface area contributed by atoms with E-state index in [4.69, 9.17) is 9.81 Å². The maximum atomic E-state index is 11.1. The Kier molecular flexibility index (Phi) is 3.21. The number of rotatable bonds is 3. The summed E-state index contributed by atoms with van der Waals surface area (Å²) in [6.45, 7) is 0. The average molecular weight is 270 g/mol. The van der Waals surface area contributed by atoms with E-state index in [1.807, 2.05) is 0 Å². The number of phenols is 1. The van der Waals surface area contributed by atoms with E-state index in [1.165, 1.54) is 0 Å². The number of hydrogen-bond donors (Lipinski definition) is 3. The lowest BCUT2D eigenvalue weighted by Crippen LogP contribution is -2.10. The molecule has 1 aromatic carbocycles. The molecule has 1 rings (SSSR count). The highest BCUT2D eigenvalue weighted by Crippen LogP contribution is 2.30. The van der Waals surface area contributed by atoms with E-state index >= 15 is 0 Å². The van der Waals surface area contributed by atoms with Crippen molar-refractivity contribution in [2.75, 3.05) is 0 Å². The minimum Gasteiger partial charge on any atom is -0.506 e. The Hall–Kier alpha value is -1.20. The van der Waals surface area contributed by atoms with Crippen LogP contribution in [0.2, 0.25) is 0 Å². The van der Waals surface area contributed by atoms with Crippen LogP contribution in [0.3, 0.4) is 0 Å². The minimum atomic E-state index is -4.88. The summed E-state index contributed by atoms with van der Waals surface area (Å²) in [5.41, 5.74) is 0. The summed E-state index contributed by atoms with van der Waals surface area (Å²) in [7, 11) is -9.76. The van der Waals surface area contributed by atoms with Gasteiger partial charge in [-0.25, -0.2) is 5.26 Å². The second-order valence-electron chi connectivity index (χ2n) is 2.61. The Labute approximate surface area is 90.5 Å². The van der Waals surface area contributed by atoms with Crippen molar-refractivity contribution in [3.8, 4) is 5.75 Å². The first-order valence-electron chi connectivity index (χ1n) is 3.57. The summed E-state index contributed by atoms with van der Waals surface area (Å²) < 4.78 is 55.6. The predicted octanol–water partition coefficient (Wildman–Crippen LogP) is -0.183. The third kappa shape index (κ3) is 2.31. The Balaban J connectivity index is 3.75. The highest BCUT2D eigenvalue weighted by molar-refractivity contribution is 7.89. The van der Waals surface area contributed by atoms with Crippen LogP contribution in [0.1, 0.15) is 0 Å². The van der Waals surface area contributed by atoms with Crippen LogP contribution < -0.4 is 0 Å². The highest BCUT2D eigenvalue weighted by Gasteiger charge is 2.29. The second-order valence-corrected chi connectivity index (χ2v) is 5.46. The molecule has 0 atom stereocenters. The Morgan fingerprint density at radius 2 is 1.69 bits per heavy atom. The zero-order valence-electron chi connectivity index (χ0n) is 7.43. The molecule has 0 fully saturated rings. The van der Waals surface area contributed by atoms with Crippen molar-refractivity contribution in [3.05, 3.63) is 18.2 Å². The molecular formula is C6H6O8S2. The van der Waals surface area contributed by atoms with Crippen molar-refractivity contribution < 1.29 is 36.1 Å². The topological polar surface area (TPSA) is 138 Å². The molecule has 0 saturated carbocycles. The van der Waals surface area contributed by atoms with Gasteiger partial charge in [-0.3, -0.25) is 4.55 Å². The molecule has 0 aromatic heterocycles. The van der Waals surface area contributed by atoms with Crippen LogP contribution in [-0.2, 0) is 24.6 Å². The molecule has 0 amide bonds. The van der Waals surface area contributed by atoms with Gasteiger partial charge in [-0.1, -0.05) is 6.07 Å². The summed E-state index contributed by atoms with van der Waals surface area (Å²) in [6.07, 6.45) is 0. The van der Waals surface area contributed by atoms with Crippen LogP contribution in [0, 0.1) is 0 Å². The Morgan fingerprint density at radius 1 is 1.12 bits per heavy atom. The standard InChI is InChI=1S/C6H6O8S2/c7-4-2-1-3-5(15(9,10)11)6(4)16(12,13)14-8/h1-3,7-8H,(H,9,10,11). The van der Waals surface area contributed by atoms with E-state index in [2.05, 4.69) is 4.33 Å². The second kappa shape index (κ2) is 3.99. The van der Waals surface area contributed by atoms with E-state index < -0.39 is 35.8 Å². The molecular weight excluding hydrogens is 264 g/mol. The van der Waals surface area contributed by atoms with E-state index in [0.29, 0.717) is 0 Å². The smallest absolute Gasteiger partial charge is 0.328 e. The molecule has 8 nitrogen and oxygen atoms in total. The lowest BCUT2D eigenvalue weighted by atomic mass is 10.3. The first-order chi connectivity index (χ1) is 7.20. The molecule has 0 heterocycles. The molecule has 0 radical (unpaired) electrons. The fourth-order valence-electron chi connectivity index (χ4n) is 0.996. The number of aromatic hydroxyl groups is 1. The molecule has 3 N–H and O–H groups in total. The molecule has 0 bridgehead atoms. The molecule has 0 aliphatic carbocycles. The van der Waals surface area contributed by atoms with Gasteiger partial charge >= 0.3 is 10.1 Å². The maximum absolute atomic E-state index is 11.1. The van der Waals surface area contributed by atoms with Gasteiger partial charge in [-0.2, -0.15) is 16.8 Å². The first kappa shape index (κ1) is 12.9. The number of phenolic OH excluding ortho intramolecular Hbond substituents is 1. The summed E-state index contributed by atoms with van der Waals surface area (Å²) in [6, 6.07) is 2.57. The minimum absolute atomic E-state index is 0.723. The van der Waals surface area contributed by atoms with Gasteiger partial charge in [0, 0.05) is 0 Å². The fourth-order valence-corrected chi connectivity index (χ4v) is 2.92. The average Bonchev–Trinajstić information content (AvgIpc) is 2.15. The molecule has 0 aliphatic heterocycles. The van der Waals surface area contributed by atoms with Crippen molar-refractivity contribution in [1.82, 2.24) is 0 Å². The molecule has 0 aliphatic rings. The van der Waals surface area contributed by atoms with Gasteiger partial charge in [0.2, 0.25) is 0 Å². The van der Waals surface area contributed by atoms with Gasteiger partial charge in [0.25, 0.3) is 10.1 Å². The van der Waals surface area contributed by atoms with Crippen LogP contribution >= 0.6 is 0 Å². The summed E-state index contributed by atoms with van der Waals surface area (Å²) in [5.74, 6) is -0.982. The van der Waals surface area contributed by atoms with E-state index in [1.54, 1.807) is 0 Å². The lowest BCUT2D eigenvalue weighted by molar-refractivity contribution is -0.130. The number of hydrogen-bond acceptors (Lipinski definition) is 7. The van der Waals surface area contributed by atoms with Crippen LogP contribution in [0.5, 0.6) is 5.75 Å². The molecule has 0 spiro atoms. The lowest BCUT2D eigenvalue weighted by Gasteiger charge is -2.06. The zero-order chi connectivity index (χ0) is 12.6. The SMILES string of the molecule is O=S(=O)(O)c1cccc(O)c1S(=O)(=O)OO. The van der Waals surface area contributed by atoms with Crippen LogP contribution in [0.15, 0.2) is 28.0 Å². The third-order valence-electron chi connectivity index (χ3n) is 1.58. The zero-order valence-corrected chi connectivity index (χ0v) is 9.06. The third-order valence-corrected chi connectivity index (χ3v) is 3.73. The number of benzene rings is 1. The van der Waals surface area contributed by atoms with E-state index in [-0.39, 0.29) is 0 Å². The Morgan fingerprint density at radius 3 is 2.12 bits per heavy atom. The van der Waals surface area contributed by atoms with Gasteiger partial charge < -0.3 is 5.11 Å². The largest absolute Gasteiger partial charge is 0.506 e. The summed E-state index contributed by atoms with van der Waals surface area (Å²) >= 11 is 0. The Bertz CT molecular complexity index is 599. The van der Waals surface area contributed by atoms with Crippen molar-refractivity contribution >= 4 is 20.2 Å². The molecule has 10 heteroatoms. The van der Waals surface area contributed by atoms with Gasteiger partial charge in [0.15, 0.2) is 4.90 Å². The molecule has 90 valence electrons. The van der Waals surface area contributed by atoms with Crippen LogP contribution in [0.25, 0.3) is 0 Å². The van der Waals surface area contributed by atoms with E-state index in [0.717, 1.165) is 18.2 Å². The van der Waals surface area contributed by atoms with Crippen LogP contribution in [0.4, 0.5) is 0 Å². The fraction of sp³-hybridized carbons (Fsp3) is 0. The molecule has 1 aromatic rings.